The monoisotopic (exact) mass is 370 g/mol. The summed E-state index contributed by atoms with van der Waals surface area (Å²) in [6, 6.07) is 7.02. The molecule has 0 bridgehead atoms. The first kappa shape index (κ1) is 19.1. The van der Waals surface area contributed by atoms with Gasteiger partial charge < -0.3 is 20.5 Å². The molecule has 3 rings (SSSR count). The van der Waals surface area contributed by atoms with Crippen molar-refractivity contribution in [1.82, 2.24) is 20.5 Å². The van der Waals surface area contributed by atoms with E-state index >= 15 is 0 Å². The number of aromatic nitrogens is 1. The van der Waals surface area contributed by atoms with E-state index in [4.69, 9.17) is 0 Å². The molecule has 0 spiro atoms. The highest BCUT2D eigenvalue weighted by Gasteiger charge is 2.23. The molecule has 1 aliphatic heterocycles. The lowest BCUT2D eigenvalue weighted by molar-refractivity contribution is -0.131. The predicted molar refractivity (Wildman–Crippen MR) is 105 cm³/mol. The number of hydrogen-bond donors (Lipinski definition) is 3. The Bertz CT molecular complexity index is 869. The van der Waals surface area contributed by atoms with Gasteiger partial charge in [-0.15, -0.1) is 0 Å². The van der Waals surface area contributed by atoms with Crippen molar-refractivity contribution >= 4 is 22.7 Å². The highest BCUT2D eigenvalue weighted by atomic mass is 16.2. The van der Waals surface area contributed by atoms with Crippen LogP contribution in [-0.4, -0.2) is 54.4 Å². The van der Waals surface area contributed by atoms with Gasteiger partial charge in [0.1, 0.15) is 5.56 Å². The lowest BCUT2D eigenvalue weighted by Crippen LogP contribution is -2.45. The third-order valence-corrected chi connectivity index (χ3v) is 5.08. The molecule has 0 unspecified atom stereocenters. The topological polar surface area (TPSA) is 94.3 Å². The van der Waals surface area contributed by atoms with Crippen molar-refractivity contribution in [3.05, 3.63) is 46.2 Å². The van der Waals surface area contributed by atoms with Crippen molar-refractivity contribution in [1.29, 1.82) is 0 Å². The largest absolute Gasteiger partial charge is 0.360 e. The maximum absolute atomic E-state index is 12.5. The fraction of sp³-hybridized carbons (Fsp3) is 0.450. The Morgan fingerprint density at radius 2 is 1.96 bits per heavy atom. The van der Waals surface area contributed by atoms with Crippen LogP contribution >= 0.6 is 0 Å². The minimum Gasteiger partial charge on any atom is -0.360 e. The highest BCUT2D eigenvalue weighted by molar-refractivity contribution is 5.98. The van der Waals surface area contributed by atoms with E-state index in [9.17, 15) is 14.4 Å². The molecule has 2 amide bonds. The molecule has 1 aliphatic rings. The fourth-order valence-corrected chi connectivity index (χ4v) is 3.43. The van der Waals surface area contributed by atoms with Crippen molar-refractivity contribution in [3.63, 3.8) is 0 Å². The van der Waals surface area contributed by atoms with Crippen LogP contribution in [0.25, 0.3) is 10.9 Å². The Hall–Kier alpha value is -2.67. The summed E-state index contributed by atoms with van der Waals surface area (Å²) in [6.45, 7) is 5.35. The van der Waals surface area contributed by atoms with E-state index in [1.807, 2.05) is 6.07 Å². The Kier molecular flexibility index (Phi) is 6.24. The van der Waals surface area contributed by atoms with E-state index in [1.165, 1.54) is 6.20 Å². The number of para-hydroxylation sites is 1. The maximum Gasteiger partial charge on any atom is 0.257 e. The molecule has 144 valence electrons. The average molecular weight is 370 g/mol. The van der Waals surface area contributed by atoms with Gasteiger partial charge in [0.25, 0.3) is 5.91 Å². The number of H-pyrrole nitrogens is 1. The average Bonchev–Trinajstić information content (AvgIpc) is 2.71. The number of carbonyl (C=O) groups is 2. The zero-order valence-corrected chi connectivity index (χ0v) is 15.6. The number of carbonyl (C=O) groups excluding carboxylic acids is 2. The number of nitrogens with one attached hydrogen (secondary N) is 3. The molecule has 27 heavy (non-hydrogen) atoms. The highest BCUT2D eigenvalue weighted by Crippen LogP contribution is 2.16. The molecule has 3 N–H and O–H groups in total. The minimum atomic E-state index is -0.530. The SMILES string of the molecule is CCNCC1CCN(C(=O)CNC(=O)c2c[nH]c3ccccc3c2=O)CC1. The van der Waals surface area contributed by atoms with Crippen LogP contribution in [0.2, 0.25) is 0 Å². The molecular formula is C20H26N4O3. The first-order chi connectivity index (χ1) is 13.1. The van der Waals surface area contributed by atoms with Crippen molar-refractivity contribution in [3.8, 4) is 0 Å². The third-order valence-electron chi connectivity index (χ3n) is 5.08. The fourth-order valence-electron chi connectivity index (χ4n) is 3.43. The summed E-state index contributed by atoms with van der Waals surface area (Å²) in [5, 5.41) is 6.39. The predicted octanol–water partition coefficient (Wildman–Crippen LogP) is 1.11. The molecular weight excluding hydrogens is 344 g/mol. The molecule has 7 heteroatoms. The molecule has 2 heterocycles. The smallest absolute Gasteiger partial charge is 0.257 e. The van der Waals surface area contributed by atoms with Gasteiger partial charge in [-0.1, -0.05) is 19.1 Å². The summed E-state index contributed by atoms with van der Waals surface area (Å²) < 4.78 is 0. The van der Waals surface area contributed by atoms with E-state index in [-0.39, 0.29) is 23.4 Å². The number of hydrogen-bond acceptors (Lipinski definition) is 4. The number of likely N-dealkylation sites (tertiary alicyclic amines) is 1. The number of pyridine rings is 1. The lowest BCUT2D eigenvalue weighted by Gasteiger charge is -2.32. The summed E-state index contributed by atoms with van der Waals surface area (Å²) in [4.78, 5) is 41.9. The van der Waals surface area contributed by atoms with E-state index in [2.05, 4.69) is 22.5 Å². The van der Waals surface area contributed by atoms with Crippen LogP contribution in [0, 0.1) is 5.92 Å². The Morgan fingerprint density at radius 1 is 1.22 bits per heavy atom. The first-order valence-corrected chi connectivity index (χ1v) is 9.47. The van der Waals surface area contributed by atoms with E-state index in [0.29, 0.717) is 29.9 Å². The molecule has 1 aromatic carbocycles. The van der Waals surface area contributed by atoms with Gasteiger partial charge in [-0.3, -0.25) is 14.4 Å². The van der Waals surface area contributed by atoms with Crippen LogP contribution in [0.1, 0.15) is 30.1 Å². The van der Waals surface area contributed by atoms with Gasteiger partial charge in [0.15, 0.2) is 0 Å². The van der Waals surface area contributed by atoms with Gasteiger partial charge in [0.2, 0.25) is 11.3 Å². The molecule has 0 saturated carbocycles. The molecule has 2 aromatic rings. The van der Waals surface area contributed by atoms with Gasteiger partial charge in [-0.25, -0.2) is 0 Å². The standard InChI is InChI=1S/C20H26N4O3/c1-2-21-11-14-7-9-24(10-8-14)18(25)13-23-20(27)16-12-22-17-6-4-3-5-15(17)19(16)26/h3-6,12,14,21H,2,7-11,13H2,1H3,(H,22,26)(H,23,27). The van der Waals surface area contributed by atoms with Crippen molar-refractivity contribution in [2.75, 3.05) is 32.7 Å². The van der Waals surface area contributed by atoms with E-state index < -0.39 is 5.91 Å². The normalized spacial score (nSPS) is 15.1. The molecule has 0 aliphatic carbocycles. The maximum atomic E-state index is 12.5. The van der Waals surface area contributed by atoms with E-state index in [0.717, 1.165) is 25.9 Å². The lowest BCUT2D eigenvalue weighted by atomic mass is 9.97. The third kappa shape index (κ3) is 4.54. The van der Waals surface area contributed by atoms with Crippen LogP contribution < -0.4 is 16.1 Å². The second-order valence-electron chi connectivity index (χ2n) is 6.89. The Labute approximate surface area is 158 Å². The van der Waals surface area contributed by atoms with Gasteiger partial charge in [-0.05, 0) is 44.0 Å². The molecule has 7 nitrogen and oxygen atoms in total. The number of piperidine rings is 1. The van der Waals surface area contributed by atoms with Crippen molar-refractivity contribution < 1.29 is 9.59 Å². The zero-order valence-electron chi connectivity index (χ0n) is 15.6. The first-order valence-electron chi connectivity index (χ1n) is 9.47. The number of nitrogens with zero attached hydrogens (tertiary/aromatic N) is 1. The second-order valence-corrected chi connectivity index (χ2v) is 6.89. The number of aromatic amines is 1. The van der Waals surface area contributed by atoms with E-state index in [1.54, 1.807) is 23.1 Å². The summed E-state index contributed by atoms with van der Waals surface area (Å²) >= 11 is 0. The van der Waals surface area contributed by atoms with Gasteiger partial charge in [-0.2, -0.15) is 0 Å². The number of fused-ring (bicyclic) bond motifs is 1. The second kappa shape index (κ2) is 8.81. The van der Waals surface area contributed by atoms with Gasteiger partial charge >= 0.3 is 0 Å². The molecule has 0 atom stereocenters. The van der Waals surface area contributed by atoms with Crippen LogP contribution in [0.15, 0.2) is 35.3 Å². The molecule has 0 radical (unpaired) electrons. The van der Waals surface area contributed by atoms with Crippen molar-refractivity contribution in [2.24, 2.45) is 5.92 Å². The zero-order chi connectivity index (χ0) is 19.2. The number of amides is 2. The Morgan fingerprint density at radius 3 is 2.70 bits per heavy atom. The summed E-state index contributed by atoms with van der Waals surface area (Å²) in [7, 11) is 0. The number of benzene rings is 1. The van der Waals surface area contributed by atoms with Crippen LogP contribution in [-0.2, 0) is 4.79 Å². The summed E-state index contributed by atoms with van der Waals surface area (Å²) in [6.07, 6.45) is 3.34. The molecule has 1 fully saturated rings. The van der Waals surface area contributed by atoms with Gasteiger partial charge in [0.05, 0.1) is 6.54 Å². The van der Waals surface area contributed by atoms with Crippen molar-refractivity contribution in [2.45, 2.75) is 19.8 Å². The summed E-state index contributed by atoms with van der Waals surface area (Å²) in [5.74, 6) is -0.0420. The van der Waals surface area contributed by atoms with Crippen LogP contribution in [0.5, 0.6) is 0 Å². The van der Waals surface area contributed by atoms with Gasteiger partial charge in [0, 0.05) is 30.2 Å². The van der Waals surface area contributed by atoms with Crippen LogP contribution in [0.3, 0.4) is 0 Å². The quantitative estimate of drug-likeness (QED) is 0.710. The summed E-state index contributed by atoms with van der Waals surface area (Å²) in [5.41, 5.74) is 0.361. The van der Waals surface area contributed by atoms with Crippen LogP contribution in [0.4, 0.5) is 0 Å². The molecule has 1 saturated heterocycles. The minimum absolute atomic E-state index is 0.0193. The Balaban J connectivity index is 1.54. The molecule has 1 aromatic heterocycles. The number of rotatable bonds is 6.